The summed E-state index contributed by atoms with van der Waals surface area (Å²) in [5.74, 6) is -0.249. The highest BCUT2D eigenvalue weighted by atomic mass is 16.8. The molecular formula is C47H89NO18. The van der Waals surface area contributed by atoms with Gasteiger partial charge in [0.25, 0.3) is 0 Å². The summed E-state index contributed by atoms with van der Waals surface area (Å²) in [7, 11) is 0. The number of amides is 1. The fraction of sp³-hybridized carbons (Fsp3) is 0.979. The average molecular weight is 956 g/mol. The van der Waals surface area contributed by atoms with Gasteiger partial charge in [-0.1, -0.05) is 142 Å². The molecular weight excluding hydrogens is 867 g/mol. The minimum atomic E-state index is -1.97. The van der Waals surface area contributed by atoms with Crippen LogP contribution in [0, 0.1) is 0 Å². The standard InChI is InChI=1S/C47H89NO18/c1-3-5-7-9-11-13-14-15-16-17-18-20-22-24-31(52)30(48-35(53)25-23-21-19-12-10-8-6-4-2)29-61-45-41(59)38(56)43(33(27-50)63-45)66-47-42(60)39(57)44(34(28-51)64-47)65-46-40(58)37(55)36(54)32(26-49)62-46/h30-34,36-47,49-52,54-60H,3-29H2,1-2H3,(H,48,53). The summed E-state index contributed by atoms with van der Waals surface area (Å²) >= 11 is 0. The van der Waals surface area contributed by atoms with E-state index in [0.29, 0.717) is 12.8 Å². The van der Waals surface area contributed by atoms with Gasteiger partial charge in [-0.25, -0.2) is 0 Å². The van der Waals surface area contributed by atoms with E-state index in [9.17, 15) is 61.0 Å². The van der Waals surface area contributed by atoms with E-state index in [2.05, 4.69) is 19.2 Å². The maximum atomic E-state index is 13.1. The summed E-state index contributed by atoms with van der Waals surface area (Å²) in [5, 5.41) is 119. The van der Waals surface area contributed by atoms with Crippen LogP contribution in [-0.2, 0) is 33.2 Å². The molecule has 0 aromatic carbocycles. The van der Waals surface area contributed by atoms with Crippen molar-refractivity contribution in [1.82, 2.24) is 5.32 Å². The Hall–Kier alpha value is -1.21. The fourth-order valence-electron chi connectivity index (χ4n) is 8.90. The van der Waals surface area contributed by atoms with Gasteiger partial charge in [0.05, 0.1) is 38.6 Å². The number of nitrogens with one attached hydrogen (secondary N) is 1. The van der Waals surface area contributed by atoms with Crippen molar-refractivity contribution >= 4 is 5.91 Å². The Morgan fingerprint density at radius 2 is 0.864 bits per heavy atom. The highest BCUT2D eigenvalue weighted by Crippen LogP contribution is 2.33. The number of carbonyl (C=O) groups excluding carboxylic acids is 1. The van der Waals surface area contributed by atoms with Crippen LogP contribution in [0.15, 0.2) is 0 Å². The summed E-state index contributed by atoms with van der Waals surface area (Å²) in [4.78, 5) is 13.1. The Bertz CT molecular complexity index is 1240. The van der Waals surface area contributed by atoms with Crippen LogP contribution < -0.4 is 5.32 Å². The van der Waals surface area contributed by atoms with Crippen molar-refractivity contribution < 1.29 is 89.4 Å². The van der Waals surface area contributed by atoms with Crippen LogP contribution in [0.5, 0.6) is 0 Å². The number of carbonyl (C=O) groups is 1. The normalized spacial score (nSPS) is 33.7. The minimum Gasteiger partial charge on any atom is -0.394 e. The van der Waals surface area contributed by atoms with Gasteiger partial charge in [0.1, 0.15) is 73.2 Å². The fourth-order valence-corrected chi connectivity index (χ4v) is 8.90. The predicted molar refractivity (Wildman–Crippen MR) is 240 cm³/mol. The highest BCUT2D eigenvalue weighted by molar-refractivity contribution is 5.76. The van der Waals surface area contributed by atoms with Gasteiger partial charge in [-0.05, 0) is 12.8 Å². The van der Waals surface area contributed by atoms with Crippen LogP contribution in [0.25, 0.3) is 0 Å². The first-order chi connectivity index (χ1) is 31.8. The molecule has 19 heteroatoms. The van der Waals surface area contributed by atoms with Crippen LogP contribution in [0.4, 0.5) is 0 Å². The van der Waals surface area contributed by atoms with Gasteiger partial charge in [-0.2, -0.15) is 0 Å². The Morgan fingerprint density at radius 3 is 1.32 bits per heavy atom. The van der Waals surface area contributed by atoms with Gasteiger partial charge in [-0.3, -0.25) is 4.79 Å². The number of unbranched alkanes of at least 4 members (excludes halogenated alkanes) is 19. The molecule has 3 aliphatic heterocycles. The number of hydrogen-bond donors (Lipinski definition) is 12. The molecule has 0 aromatic heterocycles. The maximum Gasteiger partial charge on any atom is 0.220 e. The van der Waals surface area contributed by atoms with E-state index in [1.54, 1.807) is 0 Å². The largest absolute Gasteiger partial charge is 0.394 e. The summed E-state index contributed by atoms with van der Waals surface area (Å²) in [6, 6.07) is -0.876. The number of hydrogen-bond acceptors (Lipinski definition) is 18. The SMILES string of the molecule is CCCCCCCCCCCCCCCC(O)C(COC1OC(CO)C(OC2OC(CO)C(OC3OC(CO)C(O)C(O)C3O)C(O)C2O)C(O)C1O)NC(=O)CCCCCCCCCC. The first kappa shape index (κ1) is 59.1. The third-order valence-electron chi connectivity index (χ3n) is 13.2. The highest BCUT2D eigenvalue weighted by Gasteiger charge is 2.53. The molecule has 12 N–H and O–H groups in total. The third-order valence-corrected chi connectivity index (χ3v) is 13.2. The van der Waals surface area contributed by atoms with Gasteiger partial charge in [0.2, 0.25) is 5.91 Å². The van der Waals surface area contributed by atoms with Crippen LogP contribution in [-0.4, -0.2) is 193 Å². The lowest BCUT2D eigenvalue weighted by Gasteiger charge is -2.48. The quantitative estimate of drug-likeness (QED) is 0.0399. The molecule has 3 fully saturated rings. The molecule has 0 radical (unpaired) electrons. The second-order valence-corrected chi connectivity index (χ2v) is 18.6. The van der Waals surface area contributed by atoms with E-state index in [1.165, 1.54) is 83.5 Å². The van der Waals surface area contributed by atoms with Crippen molar-refractivity contribution in [1.29, 1.82) is 0 Å². The molecule has 0 bridgehead atoms. The van der Waals surface area contributed by atoms with E-state index in [4.69, 9.17) is 28.4 Å². The zero-order valence-corrected chi connectivity index (χ0v) is 39.7. The molecule has 3 rings (SSSR count). The maximum absolute atomic E-state index is 13.1. The third kappa shape index (κ3) is 19.5. The van der Waals surface area contributed by atoms with Crippen LogP contribution in [0.3, 0.4) is 0 Å². The Morgan fingerprint density at radius 1 is 0.485 bits per heavy atom. The van der Waals surface area contributed by atoms with Gasteiger partial charge in [-0.15, -0.1) is 0 Å². The minimum absolute atomic E-state index is 0.249. The van der Waals surface area contributed by atoms with E-state index in [-0.39, 0.29) is 18.9 Å². The van der Waals surface area contributed by atoms with Crippen molar-refractivity contribution in [2.24, 2.45) is 0 Å². The van der Waals surface area contributed by atoms with E-state index >= 15 is 0 Å². The van der Waals surface area contributed by atoms with Crippen LogP contribution in [0.2, 0.25) is 0 Å². The lowest BCUT2D eigenvalue weighted by molar-refractivity contribution is -0.379. The van der Waals surface area contributed by atoms with Gasteiger partial charge in [0.15, 0.2) is 18.9 Å². The average Bonchev–Trinajstić information content (AvgIpc) is 3.31. The molecule has 1 amide bonds. The monoisotopic (exact) mass is 956 g/mol. The number of rotatable bonds is 35. The molecule has 3 heterocycles. The Balaban J connectivity index is 1.56. The summed E-state index contributed by atoms with van der Waals surface area (Å²) < 4.78 is 34.1. The molecule has 0 saturated carbocycles. The van der Waals surface area contributed by atoms with Crippen molar-refractivity contribution in [2.45, 2.75) is 266 Å². The molecule has 0 aliphatic carbocycles. The lowest BCUT2D eigenvalue weighted by atomic mass is 9.96. The molecule has 66 heavy (non-hydrogen) atoms. The topological polar surface area (TPSA) is 307 Å². The molecule has 17 atom stereocenters. The Kier molecular flexibility index (Phi) is 29.9. The van der Waals surface area contributed by atoms with E-state index in [0.717, 1.165) is 44.9 Å². The molecule has 0 spiro atoms. The second kappa shape index (κ2) is 33.4. The van der Waals surface area contributed by atoms with Crippen molar-refractivity contribution in [3.8, 4) is 0 Å². The van der Waals surface area contributed by atoms with Crippen molar-refractivity contribution in [3.05, 3.63) is 0 Å². The molecule has 3 aliphatic rings. The number of aliphatic hydroxyl groups excluding tert-OH is 11. The van der Waals surface area contributed by atoms with Crippen LogP contribution in [0.1, 0.15) is 162 Å². The van der Waals surface area contributed by atoms with E-state index in [1.807, 2.05) is 0 Å². The molecule has 3 saturated heterocycles. The summed E-state index contributed by atoms with van der Waals surface area (Å²) in [5.41, 5.74) is 0. The molecule has 19 nitrogen and oxygen atoms in total. The number of ether oxygens (including phenoxy) is 6. The molecule has 390 valence electrons. The predicted octanol–water partition coefficient (Wildman–Crippen LogP) is 1.31. The number of aliphatic hydroxyl groups is 11. The lowest BCUT2D eigenvalue weighted by Crippen LogP contribution is -2.66. The van der Waals surface area contributed by atoms with Gasteiger partial charge < -0.3 is 89.9 Å². The second-order valence-electron chi connectivity index (χ2n) is 18.6. The molecule has 0 aromatic rings. The van der Waals surface area contributed by atoms with Crippen LogP contribution >= 0.6 is 0 Å². The molecule has 17 unspecified atom stereocenters. The Labute approximate surface area is 392 Å². The van der Waals surface area contributed by atoms with Crippen molar-refractivity contribution in [3.63, 3.8) is 0 Å². The smallest absolute Gasteiger partial charge is 0.220 e. The summed E-state index contributed by atoms with van der Waals surface area (Å²) in [6.45, 7) is 1.71. The van der Waals surface area contributed by atoms with Gasteiger partial charge >= 0.3 is 0 Å². The van der Waals surface area contributed by atoms with E-state index < -0.39 is 124 Å². The zero-order chi connectivity index (χ0) is 48.4. The van der Waals surface area contributed by atoms with Crippen molar-refractivity contribution in [2.75, 3.05) is 26.4 Å². The summed E-state index contributed by atoms with van der Waals surface area (Å²) in [6.07, 6.45) is -1.94. The zero-order valence-electron chi connectivity index (χ0n) is 39.7. The first-order valence-corrected chi connectivity index (χ1v) is 25.3. The van der Waals surface area contributed by atoms with Gasteiger partial charge in [0, 0.05) is 6.42 Å². The first-order valence-electron chi connectivity index (χ1n) is 25.3.